The fourth-order valence-electron chi connectivity index (χ4n) is 1.68. The Morgan fingerprint density at radius 2 is 1.88 bits per heavy atom. The Hall–Kier alpha value is -1.75. The van der Waals surface area contributed by atoms with Crippen molar-refractivity contribution in [3.63, 3.8) is 0 Å². The van der Waals surface area contributed by atoms with Crippen molar-refractivity contribution in [2.45, 2.75) is 13.1 Å². The van der Waals surface area contributed by atoms with Crippen molar-refractivity contribution < 1.29 is 8.78 Å². The number of aromatic nitrogens is 2. The summed E-state index contributed by atoms with van der Waals surface area (Å²) in [5.74, 6) is -1.13. The molecule has 1 heterocycles. The van der Waals surface area contributed by atoms with Crippen LogP contribution in [0.25, 0.3) is 0 Å². The Balaban J connectivity index is 2.13. The Morgan fingerprint density at radius 3 is 2.53 bits per heavy atom. The smallest absolute Gasteiger partial charge is 0.126 e. The third-order valence-electron chi connectivity index (χ3n) is 2.33. The van der Waals surface area contributed by atoms with E-state index in [-0.39, 0.29) is 0 Å². The number of hydrogen-bond acceptors (Lipinski definition) is 2. The van der Waals surface area contributed by atoms with Gasteiger partial charge in [-0.3, -0.25) is 4.68 Å². The van der Waals surface area contributed by atoms with Gasteiger partial charge in [-0.15, -0.1) is 0 Å². The van der Waals surface area contributed by atoms with Crippen LogP contribution in [0.5, 0.6) is 0 Å². The monoisotopic (exact) mass is 237 g/mol. The lowest BCUT2D eigenvalue weighted by molar-refractivity contribution is 0.574. The molecule has 0 saturated carbocycles. The molecule has 1 N–H and O–H groups in total. The lowest BCUT2D eigenvalue weighted by Gasteiger charge is -2.02. The molecule has 0 bridgehead atoms. The van der Waals surface area contributed by atoms with Crippen LogP contribution in [-0.2, 0) is 13.1 Å². The maximum Gasteiger partial charge on any atom is 0.126 e. The first-order chi connectivity index (χ1) is 8.17. The molecular formula is C12H13F2N3. The van der Waals surface area contributed by atoms with Gasteiger partial charge in [0.15, 0.2) is 0 Å². The summed E-state index contributed by atoms with van der Waals surface area (Å²) in [6.45, 7) is 1.08. The fraction of sp³-hybridized carbons (Fsp3) is 0.250. The van der Waals surface area contributed by atoms with Crippen LogP contribution in [-0.4, -0.2) is 16.8 Å². The lowest BCUT2D eigenvalue weighted by Crippen LogP contribution is -2.04. The van der Waals surface area contributed by atoms with E-state index in [4.69, 9.17) is 0 Å². The van der Waals surface area contributed by atoms with Crippen LogP contribution in [0.15, 0.2) is 30.6 Å². The van der Waals surface area contributed by atoms with Crippen molar-refractivity contribution in [3.05, 3.63) is 53.4 Å². The molecule has 1 aromatic heterocycles. The van der Waals surface area contributed by atoms with E-state index in [0.29, 0.717) is 12.1 Å². The molecule has 0 spiro atoms. The SMILES string of the molecule is CNCc1cnn(Cc2cc(F)cc(F)c2)c1. The second kappa shape index (κ2) is 5.05. The normalized spacial score (nSPS) is 10.8. The van der Waals surface area contributed by atoms with Gasteiger partial charge in [-0.1, -0.05) is 0 Å². The van der Waals surface area contributed by atoms with E-state index in [1.165, 1.54) is 12.1 Å². The highest BCUT2D eigenvalue weighted by atomic mass is 19.1. The van der Waals surface area contributed by atoms with Crippen molar-refractivity contribution in [1.29, 1.82) is 0 Å². The maximum absolute atomic E-state index is 13.0. The van der Waals surface area contributed by atoms with Crippen LogP contribution in [0.4, 0.5) is 8.78 Å². The summed E-state index contributed by atoms with van der Waals surface area (Å²) in [6, 6.07) is 3.48. The van der Waals surface area contributed by atoms with Crippen LogP contribution >= 0.6 is 0 Å². The zero-order valence-corrected chi connectivity index (χ0v) is 9.45. The Morgan fingerprint density at radius 1 is 1.18 bits per heavy atom. The minimum atomic E-state index is -0.567. The van der Waals surface area contributed by atoms with E-state index in [1.807, 2.05) is 13.2 Å². The Labute approximate surface area is 98.1 Å². The minimum absolute atomic E-state index is 0.360. The molecule has 0 unspecified atom stereocenters. The van der Waals surface area contributed by atoms with E-state index in [1.54, 1.807) is 10.9 Å². The van der Waals surface area contributed by atoms with E-state index in [2.05, 4.69) is 10.4 Å². The van der Waals surface area contributed by atoms with Crippen molar-refractivity contribution in [3.8, 4) is 0 Å². The first-order valence-corrected chi connectivity index (χ1v) is 5.28. The van der Waals surface area contributed by atoms with Crippen LogP contribution < -0.4 is 5.32 Å². The van der Waals surface area contributed by atoms with Crippen molar-refractivity contribution in [1.82, 2.24) is 15.1 Å². The second-order valence-electron chi connectivity index (χ2n) is 3.85. The van der Waals surface area contributed by atoms with Crippen LogP contribution in [0.3, 0.4) is 0 Å². The Bertz CT molecular complexity index is 488. The zero-order chi connectivity index (χ0) is 12.3. The average molecular weight is 237 g/mol. The standard InChI is InChI=1S/C12H13F2N3/c1-15-5-10-6-16-17(8-10)7-9-2-11(13)4-12(14)3-9/h2-4,6,8,15H,5,7H2,1H3. The predicted molar refractivity (Wildman–Crippen MR) is 60.5 cm³/mol. The molecular weight excluding hydrogens is 224 g/mol. The molecule has 0 aliphatic heterocycles. The second-order valence-corrected chi connectivity index (χ2v) is 3.85. The Kier molecular flexibility index (Phi) is 3.49. The molecule has 2 aromatic rings. The molecule has 0 aliphatic rings. The van der Waals surface area contributed by atoms with Gasteiger partial charge in [-0.2, -0.15) is 5.10 Å². The molecule has 1 aromatic carbocycles. The van der Waals surface area contributed by atoms with Crippen LogP contribution in [0.2, 0.25) is 0 Å². The summed E-state index contributed by atoms with van der Waals surface area (Å²) in [4.78, 5) is 0. The summed E-state index contributed by atoms with van der Waals surface area (Å²) in [5, 5.41) is 7.13. The molecule has 3 nitrogen and oxygen atoms in total. The van der Waals surface area contributed by atoms with Crippen molar-refractivity contribution in [2.75, 3.05) is 7.05 Å². The average Bonchev–Trinajstić information content (AvgIpc) is 2.64. The van der Waals surface area contributed by atoms with Gasteiger partial charge >= 0.3 is 0 Å². The molecule has 0 radical (unpaired) electrons. The van der Waals surface area contributed by atoms with Gasteiger partial charge in [0.25, 0.3) is 0 Å². The minimum Gasteiger partial charge on any atom is -0.316 e. The molecule has 0 aliphatic carbocycles. The van der Waals surface area contributed by atoms with Gasteiger partial charge in [-0.25, -0.2) is 8.78 Å². The van der Waals surface area contributed by atoms with E-state index >= 15 is 0 Å². The molecule has 90 valence electrons. The lowest BCUT2D eigenvalue weighted by atomic mass is 10.2. The third-order valence-corrected chi connectivity index (χ3v) is 2.33. The molecule has 17 heavy (non-hydrogen) atoms. The zero-order valence-electron chi connectivity index (χ0n) is 9.45. The predicted octanol–water partition coefficient (Wildman–Crippen LogP) is 1.93. The molecule has 0 atom stereocenters. The van der Waals surface area contributed by atoms with Gasteiger partial charge in [0.05, 0.1) is 12.7 Å². The summed E-state index contributed by atoms with van der Waals surface area (Å²) in [6.07, 6.45) is 3.57. The quantitative estimate of drug-likeness (QED) is 0.880. The van der Waals surface area contributed by atoms with E-state index in [0.717, 1.165) is 18.2 Å². The first-order valence-electron chi connectivity index (χ1n) is 5.28. The number of nitrogens with one attached hydrogen (secondary N) is 1. The topological polar surface area (TPSA) is 29.9 Å². The van der Waals surface area contributed by atoms with Crippen molar-refractivity contribution in [2.24, 2.45) is 0 Å². The maximum atomic E-state index is 13.0. The van der Waals surface area contributed by atoms with Gasteiger partial charge in [-0.05, 0) is 24.7 Å². The van der Waals surface area contributed by atoms with Gasteiger partial charge in [0.2, 0.25) is 0 Å². The number of benzene rings is 1. The largest absolute Gasteiger partial charge is 0.316 e. The summed E-state index contributed by atoms with van der Waals surface area (Å²) in [5.41, 5.74) is 1.59. The summed E-state index contributed by atoms with van der Waals surface area (Å²) >= 11 is 0. The highest BCUT2D eigenvalue weighted by Crippen LogP contribution is 2.09. The van der Waals surface area contributed by atoms with Gasteiger partial charge in [0, 0.05) is 24.4 Å². The number of hydrogen-bond donors (Lipinski definition) is 1. The van der Waals surface area contributed by atoms with Crippen LogP contribution in [0.1, 0.15) is 11.1 Å². The van der Waals surface area contributed by atoms with E-state index < -0.39 is 11.6 Å². The number of rotatable bonds is 4. The summed E-state index contributed by atoms with van der Waals surface area (Å²) < 4.78 is 27.6. The van der Waals surface area contributed by atoms with Gasteiger partial charge < -0.3 is 5.32 Å². The summed E-state index contributed by atoms with van der Waals surface area (Å²) in [7, 11) is 1.85. The van der Waals surface area contributed by atoms with E-state index in [9.17, 15) is 8.78 Å². The van der Waals surface area contributed by atoms with Crippen LogP contribution in [0, 0.1) is 11.6 Å². The molecule has 0 fully saturated rings. The number of nitrogens with zero attached hydrogens (tertiary/aromatic N) is 2. The van der Waals surface area contributed by atoms with Gasteiger partial charge in [0.1, 0.15) is 11.6 Å². The molecule has 5 heteroatoms. The van der Waals surface area contributed by atoms with Crippen molar-refractivity contribution >= 4 is 0 Å². The first kappa shape index (κ1) is 11.7. The third kappa shape index (κ3) is 3.10. The molecule has 2 rings (SSSR count). The highest BCUT2D eigenvalue weighted by molar-refractivity contribution is 5.18. The highest BCUT2D eigenvalue weighted by Gasteiger charge is 2.03. The number of halogens is 2. The fourth-order valence-corrected chi connectivity index (χ4v) is 1.68. The molecule has 0 saturated heterocycles. The molecule has 0 amide bonds.